The molecule has 0 atom stereocenters. The van der Waals surface area contributed by atoms with E-state index in [2.05, 4.69) is 29.4 Å². The Hall–Kier alpha value is -0.830. The molecule has 0 radical (unpaired) electrons. The van der Waals surface area contributed by atoms with Gasteiger partial charge in [-0.25, -0.2) is 0 Å². The molecule has 2 nitrogen and oxygen atoms in total. The Morgan fingerprint density at radius 3 is 2.53 bits per heavy atom. The summed E-state index contributed by atoms with van der Waals surface area (Å²) in [6.45, 7) is 2.31. The van der Waals surface area contributed by atoms with Crippen molar-refractivity contribution in [1.82, 2.24) is 0 Å². The smallest absolute Gasteiger partial charge is 0.0600 e. The first-order valence-corrected chi connectivity index (χ1v) is 6.72. The lowest BCUT2D eigenvalue weighted by atomic mass is 10.1. The first-order chi connectivity index (χ1) is 7.31. The van der Waals surface area contributed by atoms with Gasteiger partial charge in [-0.05, 0) is 43.7 Å². The number of benzene rings is 1. The minimum Gasteiger partial charge on any atom is -0.397 e. The van der Waals surface area contributed by atoms with Crippen molar-refractivity contribution in [3.05, 3.63) is 18.2 Å². The molecule has 1 fully saturated rings. The molecule has 2 N–H and O–H groups in total. The number of piperidine rings is 1. The molecule has 82 valence electrons. The van der Waals surface area contributed by atoms with Crippen molar-refractivity contribution in [1.29, 1.82) is 0 Å². The molecule has 0 amide bonds. The van der Waals surface area contributed by atoms with E-state index in [1.807, 2.05) is 0 Å². The van der Waals surface area contributed by atoms with Crippen molar-refractivity contribution >= 4 is 23.1 Å². The van der Waals surface area contributed by atoms with Crippen LogP contribution in [0, 0.1) is 0 Å². The van der Waals surface area contributed by atoms with Crippen molar-refractivity contribution < 1.29 is 0 Å². The fourth-order valence-electron chi connectivity index (χ4n) is 2.08. The Labute approximate surface area is 95.8 Å². The quantitative estimate of drug-likeness (QED) is 0.616. The lowest BCUT2D eigenvalue weighted by molar-refractivity contribution is 0.578. The van der Waals surface area contributed by atoms with E-state index < -0.39 is 0 Å². The van der Waals surface area contributed by atoms with Gasteiger partial charge in [0.15, 0.2) is 0 Å². The molecule has 1 aliphatic rings. The van der Waals surface area contributed by atoms with Gasteiger partial charge in [0.2, 0.25) is 0 Å². The summed E-state index contributed by atoms with van der Waals surface area (Å²) in [6.07, 6.45) is 6.03. The van der Waals surface area contributed by atoms with Crippen molar-refractivity contribution in [2.75, 3.05) is 30.0 Å². The second kappa shape index (κ2) is 4.79. The number of hydrogen-bond donors (Lipinski definition) is 1. The molecule has 0 bridgehead atoms. The Balaban J connectivity index is 2.19. The van der Waals surface area contributed by atoms with Gasteiger partial charge < -0.3 is 10.6 Å². The van der Waals surface area contributed by atoms with Crippen molar-refractivity contribution in [3.63, 3.8) is 0 Å². The molecule has 1 aromatic rings. The highest BCUT2D eigenvalue weighted by Crippen LogP contribution is 2.29. The van der Waals surface area contributed by atoms with E-state index in [4.69, 9.17) is 5.73 Å². The first-order valence-electron chi connectivity index (χ1n) is 5.50. The maximum absolute atomic E-state index is 6.07. The molecule has 1 aromatic carbocycles. The zero-order valence-electron chi connectivity index (χ0n) is 9.20. The van der Waals surface area contributed by atoms with Gasteiger partial charge in [0.25, 0.3) is 0 Å². The predicted molar refractivity (Wildman–Crippen MR) is 68.7 cm³/mol. The number of rotatable bonds is 2. The maximum atomic E-state index is 6.07. The predicted octanol–water partition coefficient (Wildman–Crippen LogP) is 2.98. The number of nitrogen functional groups attached to an aromatic ring is 1. The van der Waals surface area contributed by atoms with Gasteiger partial charge in [-0.3, -0.25) is 0 Å². The number of hydrogen-bond acceptors (Lipinski definition) is 3. The van der Waals surface area contributed by atoms with Gasteiger partial charge in [0.1, 0.15) is 0 Å². The summed E-state index contributed by atoms with van der Waals surface area (Å²) in [5.41, 5.74) is 8.21. The second-order valence-electron chi connectivity index (χ2n) is 3.97. The van der Waals surface area contributed by atoms with E-state index in [1.54, 1.807) is 11.8 Å². The van der Waals surface area contributed by atoms with Gasteiger partial charge in [0.05, 0.1) is 11.4 Å². The summed E-state index contributed by atoms with van der Waals surface area (Å²) in [4.78, 5) is 3.65. The highest BCUT2D eigenvalue weighted by Gasteiger charge is 2.13. The molecule has 1 aliphatic heterocycles. The highest BCUT2D eigenvalue weighted by molar-refractivity contribution is 7.98. The molecular weight excluding hydrogens is 204 g/mol. The molecule has 0 unspecified atom stereocenters. The van der Waals surface area contributed by atoms with E-state index in [9.17, 15) is 0 Å². The average molecular weight is 222 g/mol. The van der Waals surface area contributed by atoms with Gasteiger partial charge in [0, 0.05) is 18.0 Å². The van der Waals surface area contributed by atoms with Crippen LogP contribution in [0.3, 0.4) is 0 Å². The van der Waals surface area contributed by atoms with E-state index >= 15 is 0 Å². The second-order valence-corrected chi connectivity index (χ2v) is 4.85. The summed E-state index contributed by atoms with van der Waals surface area (Å²) in [7, 11) is 0. The lowest BCUT2D eigenvalue weighted by Gasteiger charge is -2.29. The molecule has 3 heteroatoms. The van der Waals surface area contributed by atoms with Crippen molar-refractivity contribution in [2.45, 2.75) is 24.2 Å². The normalized spacial score (nSPS) is 16.7. The molecule has 2 rings (SSSR count). The van der Waals surface area contributed by atoms with Gasteiger partial charge in [-0.15, -0.1) is 11.8 Å². The van der Waals surface area contributed by atoms with E-state index in [-0.39, 0.29) is 0 Å². The Morgan fingerprint density at radius 1 is 1.20 bits per heavy atom. The summed E-state index contributed by atoms with van der Waals surface area (Å²) >= 11 is 1.74. The van der Waals surface area contributed by atoms with E-state index in [1.165, 1.54) is 29.8 Å². The Morgan fingerprint density at radius 2 is 1.93 bits per heavy atom. The van der Waals surface area contributed by atoms with Gasteiger partial charge in [-0.1, -0.05) is 0 Å². The van der Waals surface area contributed by atoms with E-state index in [0.29, 0.717) is 0 Å². The third kappa shape index (κ3) is 2.40. The fourth-order valence-corrected chi connectivity index (χ4v) is 2.53. The third-order valence-corrected chi connectivity index (χ3v) is 3.66. The lowest BCUT2D eigenvalue weighted by Crippen LogP contribution is -2.29. The molecule has 0 aliphatic carbocycles. The van der Waals surface area contributed by atoms with Crippen LogP contribution in [0.15, 0.2) is 23.1 Å². The van der Waals surface area contributed by atoms with Crippen LogP contribution in [-0.2, 0) is 0 Å². The maximum Gasteiger partial charge on any atom is 0.0600 e. The molecule has 1 saturated heterocycles. The fraction of sp³-hybridized carbons (Fsp3) is 0.500. The monoisotopic (exact) mass is 222 g/mol. The summed E-state index contributed by atoms with van der Waals surface area (Å²) in [5.74, 6) is 0. The summed E-state index contributed by atoms with van der Waals surface area (Å²) in [6, 6.07) is 6.39. The first kappa shape index (κ1) is 10.7. The summed E-state index contributed by atoms with van der Waals surface area (Å²) in [5, 5.41) is 0. The highest BCUT2D eigenvalue weighted by atomic mass is 32.2. The van der Waals surface area contributed by atoms with Crippen LogP contribution in [0.4, 0.5) is 11.4 Å². The van der Waals surface area contributed by atoms with Crippen molar-refractivity contribution in [2.24, 2.45) is 0 Å². The van der Waals surface area contributed by atoms with Crippen molar-refractivity contribution in [3.8, 4) is 0 Å². The zero-order valence-corrected chi connectivity index (χ0v) is 10.0. The standard InChI is InChI=1S/C12H18N2S/c1-15-10-5-6-12(11(13)9-10)14-7-3-2-4-8-14/h5-6,9H,2-4,7-8,13H2,1H3. The van der Waals surface area contributed by atoms with Crippen LogP contribution in [0.25, 0.3) is 0 Å². The summed E-state index contributed by atoms with van der Waals surface area (Å²) < 4.78 is 0. The minimum absolute atomic E-state index is 0.920. The zero-order chi connectivity index (χ0) is 10.7. The van der Waals surface area contributed by atoms with Crippen LogP contribution in [0.1, 0.15) is 19.3 Å². The number of thioether (sulfide) groups is 1. The molecule has 15 heavy (non-hydrogen) atoms. The average Bonchev–Trinajstić information content (AvgIpc) is 2.30. The molecule has 0 spiro atoms. The Kier molecular flexibility index (Phi) is 3.41. The number of nitrogens with zero attached hydrogens (tertiary/aromatic N) is 1. The SMILES string of the molecule is CSc1ccc(N2CCCCC2)c(N)c1. The Bertz CT molecular complexity index is 332. The number of anilines is 2. The molecule has 0 saturated carbocycles. The van der Waals surface area contributed by atoms with Gasteiger partial charge in [-0.2, -0.15) is 0 Å². The van der Waals surface area contributed by atoms with Crippen LogP contribution in [0.2, 0.25) is 0 Å². The largest absolute Gasteiger partial charge is 0.397 e. The van der Waals surface area contributed by atoms with Crippen LogP contribution in [-0.4, -0.2) is 19.3 Å². The minimum atomic E-state index is 0.920. The number of nitrogens with two attached hydrogens (primary N) is 1. The van der Waals surface area contributed by atoms with Crippen LogP contribution < -0.4 is 10.6 Å². The topological polar surface area (TPSA) is 29.3 Å². The van der Waals surface area contributed by atoms with Gasteiger partial charge >= 0.3 is 0 Å². The molecule has 0 aromatic heterocycles. The van der Waals surface area contributed by atoms with Crippen LogP contribution in [0.5, 0.6) is 0 Å². The third-order valence-electron chi connectivity index (χ3n) is 2.93. The molecule has 1 heterocycles. The molecular formula is C12H18N2S. The van der Waals surface area contributed by atoms with Crippen LogP contribution >= 0.6 is 11.8 Å². The van der Waals surface area contributed by atoms with E-state index in [0.717, 1.165) is 18.8 Å².